The molecule has 0 saturated carbocycles. The van der Waals surface area contributed by atoms with E-state index in [2.05, 4.69) is 5.92 Å². The molecule has 106 valence electrons. The summed E-state index contributed by atoms with van der Waals surface area (Å²) in [6.07, 6.45) is 6.38. The van der Waals surface area contributed by atoms with Crippen LogP contribution in [0.1, 0.15) is 5.56 Å². The van der Waals surface area contributed by atoms with Crippen LogP contribution in [-0.2, 0) is 14.8 Å². The Morgan fingerprint density at radius 3 is 2.50 bits per heavy atom. The maximum absolute atomic E-state index is 12.0. The number of benzene rings is 1. The van der Waals surface area contributed by atoms with Crippen LogP contribution in [0.25, 0.3) is 6.08 Å². The highest BCUT2D eigenvalue weighted by molar-refractivity contribution is 7.92. The maximum atomic E-state index is 12.0. The van der Waals surface area contributed by atoms with Crippen molar-refractivity contribution in [3.63, 3.8) is 0 Å². The van der Waals surface area contributed by atoms with Crippen LogP contribution >= 0.6 is 11.6 Å². The molecule has 0 unspecified atom stereocenters. The topological polar surface area (TPSA) is 74.7 Å². The minimum atomic E-state index is -3.89. The number of hydrogen-bond donors (Lipinski definition) is 1. The summed E-state index contributed by atoms with van der Waals surface area (Å²) in [6.45, 7) is -0.989. The third-order valence-corrected chi connectivity index (χ3v) is 3.95. The summed E-state index contributed by atoms with van der Waals surface area (Å²) in [7, 11) is -3.89. The molecule has 0 spiro atoms. The molecule has 7 heteroatoms. The predicted octanol–water partition coefficient (Wildman–Crippen LogP) is 1.66. The molecule has 0 aliphatic heterocycles. The average molecular weight is 314 g/mol. The van der Waals surface area contributed by atoms with Crippen molar-refractivity contribution < 1.29 is 18.3 Å². The van der Waals surface area contributed by atoms with Crippen molar-refractivity contribution in [2.75, 3.05) is 13.1 Å². The summed E-state index contributed by atoms with van der Waals surface area (Å²) in [5.74, 6) is 0.843. The van der Waals surface area contributed by atoms with E-state index in [4.69, 9.17) is 23.1 Å². The van der Waals surface area contributed by atoms with Crippen LogP contribution in [0.3, 0.4) is 0 Å². The number of hydrogen-bond acceptors (Lipinski definition) is 3. The van der Waals surface area contributed by atoms with Crippen LogP contribution in [0.4, 0.5) is 0 Å². The number of sulfonamides is 1. The molecule has 1 aromatic carbocycles. The van der Waals surface area contributed by atoms with E-state index in [9.17, 15) is 13.2 Å². The number of carboxylic acids is 1. The van der Waals surface area contributed by atoms with Crippen LogP contribution in [0.2, 0.25) is 5.02 Å². The van der Waals surface area contributed by atoms with E-state index >= 15 is 0 Å². The van der Waals surface area contributed by atoms with Gasteiger partial charge in [0, 0.05) is 10.4 Å². The van der Waals surface area contributed by atoms with Crippen LogP contribution in [0, 0.1) is 12.3 Å². The SMILES string of the molecule is C#CCN(CC(=O)O)S(=O)(=O)C=Cc1ccc(Cl)cc1. The van der Waals surface area contributed by atoms with Gasteiger partial charge >= 0.3 is 5.97 Å². The Kier molecular flexibility index (Phi) is 5.77. The summed E-state index contributed by atoms with van der Waals surface area (Å²) in [5.41, 5.74) is 0.619. The van der Waals surface area contributed by atoms with Crippen molar-refractivity contribution in [1.82, 2.24) is 4.31 Å². The number of halogens is 1. The zero-order valence-corrected chi connectivity index (χ0v) is 11.9. The standard InChI is InChI=1S/C13H12ClNO4S/c1-2-8-15(10-13(16)17)20(18,19)9-7-11-3-5-12(14)6-4-11/h1,3-7,9H,8,10H2,(H,16,17). The Balaban J connectivity index is 2.94. The summed E-state index contributed by atoms with van der Waals surface area (Å²) in [4.78, 5) is 10.6. The van der Waals surface area contributed by atoms with E-state index in [0.29, 0.717) is 14.9 Å². The zero-order chi connectivity index (χ0) is 15.2. The first-order valence-electron chi connectivity index (χ1n) is 5.44. The van der Waals surface area contributed by atoms with Gasteiger partial charge in [-0.3, -0.25) is 4.79 Å². The summed E-state index contributed by atoms with van der Waals surface area (Å²) in [6, 6.07) is 6.50. The first kappa shape index (κ1) is 16.2. The van der Waals surface area contributed by atoms with Gasteiger partial charge in [-0.15, -0.1) is 6.42 Å². The van der Waals surface area contributed by atoms with E-state index < -0.39 is 22.5 Å². The normalized spacial score (nSPS) is 11.7. The van der Waals surface area contributed by atoms with Crippen LogP contribution < -0.4 is 0 Å². The van der Waals surface area contributed by atoms with E-state index in [1.54, 1.807) is 24.3 Å². The number of rotatable bonds is 6. The highest BCUT2D eigenvalue weighted by Gasteiger charge is 2.20. The van der Waals surface area contributed by atoms with Crippen LogP contribution in [-0.4, -0.2) is 36.9 Å². The number of terminal acetylenes is 1. The van der Waals surface area contributed by atoms with Gasteiger partial charge in [0.15, 0.2) is 0 Å². The molecule has 0 aliphatic rings. The first-order valence-corrected chi connectivity index (χ1v) is 7.32. The maximum Gasteiger partial charge on any atom is 0.318 e. The van der Waals surface area contributed by atoms with Gasteiger partial charge in [0.05, 0.1) is 6.54 Å². The molecule has 1 rings (SSSR count). The second-order valence-corrected chi connectivity index (χ2v) is 6.02. The molecule has 0 bridgehead atoms. The lowest BCUT2D eigenvalue weighted by Gasteiger charge is -2.14. The molecule has 0 aliphatic carbocycles. The molecule has 1 aromatic rings. The Bertz CT molecular complexity index is 644. The fourth-order valence-corrected chi connectivity index (χ4v) is 2.49. The van der Waals surface area contributed by atoms with E-state index in [1.165, 1.54) is 6.08 Å². The van der Waals surface area contributed by atoms with Gasteiger partial charge < -0.3 is 5.11 Å². The van der Waals surface area contributed by atoms with Crippen molar-refractivity contribution >= 4 is 33.7 Å². The molecule has 0 aromatic heterocycles. The fraction of sp³-hybridized carbons (Fsp3) is 0.154. The van der Waals surface area contributed by atoms with Gasteiger partial charge in [-0.1, -0.05) is 29.7 Å². The molecule has 0 radical (unpaired) electrons. The molecule has 20 heavy (non-hydrogen) atoms. The highest BCUT2D eigenvalue weighted by Crippen LogP contribution is 2.12. The second-order valence-electron chi connectivity index (χ2n) is 3.77. The van der Waals surface area contributed by atoms with Crippen LogP contribution in [0.15, 0.2) is 29.7 Å². The fourth-order valence-electron chi connectivity index (χ4n) is 1.31. The molecule has 0 heterocycles. The van der Waals surface area contributed by atoms with Crippen molar-refractivity contribution in [2.24, 2.45) is 0 Å². The Labute approximate surface area is 122 Å². The van der Waals surface area contributed by atoms with E-state index in [-0.39, 0.29) is 6.54 Å². The largest absolute Gasteiger partial charge is 0.480 e. The summed E-state index contributed by atoms with van der Waals surface area (Å²) < 4.78 is 24.6. The third kappa shape index (κ3) is 5.05. The first-order chi connectivity index (χ1) is 9.35. The van der Waals surface area contributed by atoms with Crippen LogP contribution in [0.5, 0.6) is 0 Å². The number of carboxylic acid groups (broad SMARTS) is 1. The zero-order valence-electron chi connectivity index (χ0n) is 10.4. The highest BCUT2D eigenvalue weighted by atomic mass is 35.5. The van der Waals surface area contributed by atoms with E-state index in [1.807, 2.05) is 0 Å². The lowest BCUT2D eigenvalue weighted by Crippen LogP contribution is -2.34. The lowest BCUT2D eigenvalue weighted by atomic mass is 10.2. The molecule has 0 saturated heterocycles. The van der Waals surface area contributed by atoms with Gasteiger partial charge in [0.1, 0.15) is 6.54 Å². The smallest absolute Gasteiger partial charge is 0.318 e. The molecule has 1 N–H and O–H groups in total. The molecule has 5 nitrogen and oxygen atoms in total. The molecule has 0 fully saturated rings. The minimum absolute atomic E-state index is 0.306. The summed E-state index contributed by atoms with van der Waals surface area (Å²) in [5, 5.41) is 10.1. The van der Waals surface area contributed by atoms with Gasteiger partial charge in [-0.2, -0.15) is 4.31 Å². The lowest BCUT2D eigenvalue weighted by molar-refractivity contribution is -0.137. The molecular formula is C13H12ClNO4S. The monoisotopic (exact) mass is 313 g/mol. The average Bonchev–Trinajstić information content (AvgIpc) is 2.37. The van der Waals surface area contributed by atoms with Gasteiger partial charge in [-0.25, -0.2) is 8.42 Å². The minimum Gasteiger partial charge on any atom is -0.480 e. The molecular weight excluding hydrogens is 302 g/mol. The number of nitrogens with zero attached hydrogens (tertiary/aromatic N) is 1. The van der Waals surface area contributed by atoms with Crippen molar-refractivity contribution in [2.45, 2.75) is 0 Å². The number of carbonyl (C=O) groups is 1. The number of aliphatic carboxylic acids is 1. The third-order valence-electron chi connectivity index (χ3n) is 2.24. The molecule has 0 atom stereocenters. The van der Waals surface area contributed by atoms with Crippen molar-refractivity contribution in [1.29, 1.82) is 0 Å². The van der Waals surface area contributed by atoms with Gasteiger partial charge in [0.2, 0.25) is 10.0 Å². The van der Waals surface area contributed by atoms with Gasteiger partial charge in [-0.05, 0) is 23.8 Å². The second kappa shape index (κ2) is 7.10. The predicted molar refractivity (Wildman–Crippen MR) is 77.4 cm³/mol. The Hall–Kier alpha value is -1.81. The van der Waals surface area contributed by atoms with Crippen molar-refractivity contribution in [3.05, 3.63) is 40.3 Å². The van der Waals surface area contributed by atoms with Crippen molar-refractivity contribution in [3.8, 4) is 12.3 Å². The summed E-state index contributed by atoms with van der Waals surface area (Å²) >= 11 is 5.71. The van der Waals surface area contributed by atoms with Gasteiger partial charge in [0.25, 0.3) is 0 Å². The quantitative estimate of drug-likeness (QED) is 0.811. The Morgan fingerprint density at radius 2 is 2.00 bits per heavy atom. The molecule has 0 amide bonds. The van der Waals surface area contributed by atoms with E-state index in [0.717, 1.165) is 5.41 Å². The Morgan fingerprint density at radius 1 is 1.40 bits per heavy atom.